The number of rotatable bonds is 6. The van der Waals surface area contributed by atoms with E-state index in [2.05, 4.69) is 15.0 Å². The van der Waals surface area contributed by atoms with Crippen LogP contribution in [0.15, 0.2) is 123 Å². The van der Waals surface area contributed by atoms with E-state index in [0.29, 0.717) is 17.1 Å². The van der Waals surface area contributed by atoms with Crippen LogP contribution >= 0.6 is 11.6 Å². The molecule has 0 radical (unpaired) electrons. The molecule has 0 amide bonds. The Hall–Kier alpha value is -3.68. The van der Waals surface area contributed by atoms with Crippen LogP contribution in [0.1, 0.15) is 0 Å². The van der Waals surface area contributed by atoms with E-state index >= 15 is 0 Å². The standard InChI is InChI=1S/C24H18ClN3O3S/c25-22-23(27-18-12-6-2-7-13-18)20(26-17-10-4-1-5-11-17)16-21(24(22)29)28-32(30,31)19-14-8-3-9-15-19/h1-16,26-27H/b28-21+. The van der Waals surface area contributed by atoms with Gasteiger partial charge in [0.2, 0.25) is 5.78 Å². The van der Waals surface area contributed by atoms with Crippen molar-refractivity contribution >= 4 is 44.5 Å². The molecule has 1 aliphatic rings. The van der Waals surface area contributed by atoms with Crippen LogP contribution in [0.4, 0.5) is 11.4 Å². The summed E-state index contributed by atoms with van der Waals surface area (Å²) < 4.78 is 29.2. The molecule has 160 valence electrons. The van der Waals surface area contributed by atoms with Crippen molar-refractivity contribution in [3.8, 4) is 0 Å². The molecule has 8 heteroatoms. The van der Waals surface area contributed by atoms with Crippen LogP contribution in [-0.2, 0) is 14.8 Å². The van der Waals surface area contributed by atoms with Gasteiger partial charge in [0, 0.05) is 11.4 Å². The summed E-state index contributed by atoms with van der Waals surface area (Å²) in [5.41, 5.74) is 1.90. The van der Waals surface area contributed by atoms with Crippen molar-refractivity contribution in [3.63, 3.8) is 0 Å². The molecular weight excluding hydrogens is 446 g/mol. The molecule has 3 aromatic carbocycles. The molecule has 0 aliphatic heterocycles. The van der Waals surface area contributed by atoms with Crippen molar-refractivity contribution in [2.45, 2.75) is 4.90 Å². The third-order valence-corrected chi connectivity index (χ3v) is 6.22. The number of anilines is 2. The minimum Gasteiger partial charge on any atom is -0.354 e. The van der Waals surface area contributed by atoms with Gasteiger partial charge in [-0.3, -0.25) is 4.79 Å². The van der Waals surface area contributed by atoms with Gasteiger partial charge < -0.3 is 10.6 Å². The summed E-state index contributed by atoms with van der Waals surface area (Å²) >= 11 is 6.42. The van der Waals surface area contributed by atoms with E-state index in [1.54, 1.807) is 18.2 Å². The van der Waals surface area contributed by atoms with Gasteiger partial charge in [0.1, 0.15) is 10.7 Å². The second kappa shape index (κ2) is 9.21. The Bertz CT molecular complexity index is 1340. The number of hydrogen-bond acceptors (Lipinski definition) is 5. The number of benzene rings is 3. The van der Waals surface area contributed by atoms with Gasteiger partial charge in [0.05, 0.1) is 16.3 Å². The lowest BCUT2D eigenvalue weighted by molar-refractivity contribution is -0.109. The van der Waals surface area contributed by atoms with E-state index in [9.17, 15) is 13.2 Å². The third kappa shape index (κ3) is 4.80. The summed E-state index contributed by atoms with van der Waals surface area (Å²) in [6, 6.07) is 26.1. The van der Waals surface area contributed by atoms with E-state index in [0.717, 1.165) is 5.69 Å². The fourth-order valence-electron chi connectivity index (χ4n) is 3.02. The number of allylic oxidation sites excluding steroid dienone is 2. The second-order valence-electron chi connectivity index (χ2n) is 6.82. The lowest BCUT2D eigenvalue weighted by Crippen LogP contribution is -2.26. The first-order valence-corrected chi connectivity index (χ1v) is 11.5. The predicted octanol–water partition coefficient (Wildman–Crippen LogP) is 4.96. The Morgan fingerprint density at radius 2 is 1.22 bits per heavy atom. The fraction of sp³-hybridized carbons (Fsp3) is 0. The largest absolute Gasteiger partial charge is 0.354 e. The van der Waals surface area contributed by atoms with Crippen LogP contribution in [0.3, 0.4) is 0 Å². The molecule has 0 spiro atoms. The molecule has 0 saturated heterocycles. The van der Waals surface area contributed by atoms with Gasteiger partial charge in [-0.1, -0.05) is 66.2 Å². The van der Waals surface area contributed by atoms with Gasteiger partial charge >= 0.3 is 0 Å². The topological polar surface area (TPSA) is 87.6 Å². The fourth-order valence-corrected chi connectivity index (χ4v) is 4.27. The van der Waals surface area contributed by atoms with E-state index in [4.69, 9.17) is 11.6 Å². The lowest BCUT2D eigenvalue weighted by atomic mass is 10.0. The quantitative estimate of drug-likeness (QED) is 0.504. The van der Waals surface area contributed by atoms with Gasteiger partial charge in [-0.05, 0) is 42.5 Å². The van der Waals surface area contributed by atoms with Crippen LogP contribution in [0.2, 0.25) is 0 Å². The molecule has 0 unspecified atom stereocenters. The molecule has 0 atom stereocenters. The van der Waals surface area contributed by atoms with E-state index < -0.39 is 15.8 Å². The molecule has 6 nitrogen and oxygen atoms in total. The smallest absolute Gasteiger partial charge is 0.282 e. The van der Waals surface area contributed by atoms with Crippen molar-refractivity contribution in [2.24, 2.45) is 4.40 Å². The van der Waals surface area contributed by atoms with E-state index in [-0.39, 0.29) is 15.6 Å². The predicted molar refractivity (Wildman–Crippen MR) is 127 cm³/mol. The number of nitrogens with one attached hydrogen (secondary N) is 2. The zero-order valence-electron chi connectivity index (χ0n) is 16.7. The highest BCUT2D eigenvalue weighted by molar-refractivity contribution is 7.90. The maximum atomic E-state index is 12.9. The molecule has 0 fully saturated rings. The Balaban J connectivity index is 1.78. The number of sulfonamides is 1. The van der Waals surface area contributed by atoms with Gasteiger partial charge in [0.25, 0.3) is 10.0 Å². The molecule has 0 heterocycles. The summed E-state index contributed by atoms with van der Waals surface area (Å²) in [5, 5.41) is 6.15. The highest BCUT2D eigenvalue weighted by atomic mass is 35.5. The maximum Gasteiger partial charge on any atom is 0.282 e. The summed E-state index contributed by atoms with van der Waals surface area (Å²) in [6.45, 7) is 0. The van der Waals surface area contributed by atoms with Crippen molar-refractivity contribution in [3.05, 3.63) is 113 Å². The highest BCUT2D eigenvalue weighted by Crippen LogP contribution is 2.28. The molecule has 0 bridgehead atoms. The summed E-state index contributed by atoms with van der Waals surface area (Å²) in [5.74, 6) is -0.691. The second-order valence-corrected chi connectivity index (χ2v) is 8.80. The molecule has 0 saturated carbocycles. The number of halogens is 1. The molecular formula is C24H18ClN3O3S. The van der Waals surface area contributed by atoms with Gasteiger partial charge in [-0.15, -0.1) is 0 Å². The lowest BCUT2D eigenvalue weighted by Gasteiger charge is -2.22. The van der Waals surface area contributed by atoms with Crippen LogP contribution in [-0.4, -0.2) is 19.9 Å². The molecule has 3 aromatic rings. The third-order valence-electron chi connectivity index (χ3n) is 4.56. The monoisotopic (exact) mass is 463 g/mol. The van der Waals surface area contributed by atoms with E-state index in [1.165, 1.54) is 18.2 Å². The van der Waals surface area contributed by atoms with Gasteiger partial charge in [-0.25, -0.2) is 0 Å². The van der Waals surface area contributed by atoms with Gasteiger partial charge in [-0.2, -0.15) is 12.8 Å². The summed E-state index contributed by atoms with van der Waals surface area (Å²) in [6.07, 6.45) is 1.38. The number of Topliss-reactive ketones (excluding diaryl/α,β-unsaturated/α-hetero) is 1. The zero-order chi connectivity index (χ0) is 22.6. The Labute approximate surface area is 191 Å². The first-order chi connectivity index (χ1) is 15.4. The minimum atomic E-state index is -4.10. The molecule has 4 rings (SSSR count). The SMILES string of the molecule is O=C1C(Cl)=C(Nc2ccccc2)C(Nc2ccccc2)=C/C1=N\S(=O)(=O)c1ccccc1. The summed E-state index contributed by atoms with van der Waals surface area (Å²) in [7, 11) is -4.10. The van der Waals surface area contributed by atoms with Crippen LogP contribution < -0.4 is 10.6 Å². The van der Waals surface area contributed by atoms with Gasteiger partial charge in [0.15, 0.2) is 0 Å². The maximum absolute atomic E-state index is 12.9. The van der Waals surface area contributed by atoms with Crippen molar-refractivity contribution in [1.82, 2.24) is 0 Å². The minimum absolute atomic E-state index is 0.0143. The van der Waals surface area contributed by atoms with Crippen molar-refractivity contribution < 1.29 is 13.2 Å². The van der Waals surface area contributed by atoms with Crippen LogP contribution in [0.5, 0.6) is 0 Å². The van der Waals surface area contributed by atoms with Crippen LogP contribution in [0.25, 0.3) is 0 Å². The van der Waals surface area contributed by atoms with Crippen molar-refractivity contribution in [1.29, 1.82) is 0 Å². The zero-order valence-corrected chi connectivity index (χ0v) is 18.3. The van der Waals surface area contributed by atoms with Crippen molar-refractivity contribution in [2.75, 3.05) is 10.6 Å². The molecule has 1 aliphatic carbocycles. The van der Waals surface area contributed by atoms with E-state index in [1.807, 2.05) is 60.7 Å². The number of carbonyl (C=O) groups excluding carboxylic acids is 1. The average molecular weight is 464 g/mol. The summed E-state index contributed by atoms with van der Waals surface area (Å²) in [4.78, 5) is 12.9. The number of para-hydroxylation sites is 2. The first kappa shape index (κ1) is 21.5. The Morgan fingerprint density at radius 3 is 1.78 bits per heavy atom. The first-order valence-electron chi connectivity index (χ1n) is 9.65. The molecule has 2 N–H and O–H groups in total. The Morgan fingerprint density at radius 1 is 0.719 bits per heavy atom. The highest BCUT2D eigenvalue weighted by Gasteiger charge is 2.29. The number of carbonyl (C=O) groups is 1. The number of hydrogen-bond donors (Lipinski definition) is 2. The van der Waals surface area contributed by atoms with Crippen LogP contribution in [0, 0.1) is 0 Å². The molecule has 32 heavy (non-hydrogen) atoms. The Kier molecular flexibility index (Phi) is 6.20. The average Bonchev–Trinajstić information content (AvgIpc) is 2.82. The number of ketones is 1. The number of nitrogens with zero attached hydrogens (tertiary/aromatic N) is 1. The molecule has 0 aromatic heterocycles. The normalized spacial score (nSPS) is 15.5.